The number of alkyl halides is 3. The zero-order chi connectivity index (χ0) is 33.9. The normalized spacial score (nSPS) is 13.4. The molecule has 1 aromatic carbocycles. The van der Waals surface area contributed by atoms with Crippen LogP contribution in [0.15, 0.2) is 53.6 Å². The minimum atomic E-state index is -4.76. The van der Waals surface area contributed by atoms with E-state index in [2.05, 4.69) is 10.4 Å². The number of benzene rings is 1. The minimum Gasteiger partial charge on any atom is -0.481 e. The highest BCUT2D eigenvalue weighted by Gasteiger charge is 2.36. The summed E-state index contributed by atoms with van der Waals surface area (Å²) >= 11 is 0. The van der Waals surface area contributed by atoms with Crippen LogP contribution in [0, 0.1) is 19.8 Å². The van der Waals surface area contributed by atoms with Crippen LogP contribution >= 0.6 is 0 Å². The second-order valence-electron chi connectivity index (χ2n) is 12.2. The topological polar surface area (TPSA) is 122 Å². The van der Waals surface area contributed by atoms with Gasteiger partial charge in [0.05, 0.1) is 35.6 Å². The molecule has 0 aliphatic carbocycles. The first-order chi connectivity index (χ1) is 21.6. The molecule has 3 aromatic heterocycles. The molecular formula is C33H39F3N6O4. The molecule has 0 aliphatic heterocycles. The molecule has 0 saturated heterocycles. The zero-order valence-electron chi connectivity index (χ0n) is 26.7. The highest BCUT2D eigenvalue weighted by molar-refractivity contribution is 5.82. The molecule has 2 N–H and O–H groups in total. The van der Waals surface area contributed by atoms with Crippen molar-refractivity contribution < 1.29 is 27.9 Å². The average Bonchev–Trinajstić information content (AvgIpc) is 3.42. The number of aliphatic carboxylic acids is 1. The number of carbonyl (C=O) groups is 2. The number of halogens is 3. The van der Waals surface area contributed by atoms with E-state index in [4.69, 9.17) is 4.98 Å². The summed E-state index contributed by atoms with van der Waals surface area (Å²) in [6, 6.07) is 7.35. The van der Waals surface area contributed by atoms with E-state index in [1.807, 2.05) is 45.9 Å². The number of carboxylic acid groups (broad SMARTS) is 1. The van der Waals surface area contributed by atoms with Gasteiger partial charge in [0.25, 0.3) is 5.56 Å². The third-order valence-electron chi connectivity index (χ3n) is 7.81. The Labute approximate surface area is 264 Å². The fraction of sp³-hybridized carbons (Fsp3) is 0.424. The lowest BCUT2D eigenvalue weighted by Gasteiger charge is -2.26. The molecule has 0 fully saturated rings. The van der Waals surface area contributed by atoms with Crippen molar-refractivity contribution in [2.45, 2.75) is 65.2 Å². The third kappa shape index (κ3) is 7.82. The van der Waals surface area contributed by atoms with E-state index in [0.29, 0.717) is 23.1 Å². The summed E-state index contributed by atoms with van der Waals surface area (Å²) in [5.41, 5.74) is 1.96. The number of aryl methyl sites for hydroxylation is 2. The number of rotatable bonds is 12. The van der Waals surface area contributed by atoms with Crippen LogP contribution in [0.5, 0.6) is 0 Å². The van der Waals surface area contributed by atoms with Gasteiger partial charge < -0.3 is 19.9 Å². The Morgan fingerprint density at radius 3 is 2.35 bits per heavy atom. The molecule has 0 bridgehead atoms. The highest BCUT2D eigenvalue weighted by Crippen LogP contribution is 2.33. The van der Waals surface area contributed by atoms with Gasteiger partial charge in [0, 0.05) is 30.4 Å². The van der Waals surface area contributed by atoms with Gasteiger partial charge in [0.1, 0.15) is 6.04 Å². The summed E-state index contributed by atoms with van der Waals surface area (Å²) in [5, 5.41) is 17.0. The van der Waals surface area contributed by atoms with Crippen LogP contribution < -0.4 is 10.9 Å². The molecule has 4 aromatic rings. The van der Waals surface area contributed by atoms with Crippen molar-refractivity contribution in [3.63, 3.8) is 0 Å². The van der Waals surface area contributed by atoms with Gasteiger partial charge in [0.15, 0.2) is 5.65 Å². The summed E-state index contributed by atoms with van der Waals surface area (Å²) in [6.45, 7) is 7.81. The number of carboxylic acids is 1. The predicted molar refractivity (Wildman–Crippen MR) is 167 cm³/mol. The lowest BCUT2D eigenvalue weighted by Crippen LogP contribution is -2.41. The number of fused-ring (bicyclic) bond motifs is 1. The summed E-state index contributed by atoms with van der Waals surface area (Å²) in [6.07, 6.45) is -2.54. The molecule has 3 heterocycles. The van der Waals surface area contributed by atoms with E-state index in [0.717, 1.165) is 27.5 Å². The lowest BCUT2D eigenvalue weighted by molar-refractivity contribution is -0.139. The van der Waals surface area contributed by atoms with Crippen molar-refractivity contribution in [3.8, 4) is 11.3 Å². The van der Waals surface area contributed by atoms with Gasteiger partial charge in [-0.2, -0.15) is 18.3 Å². The van der Waals surface area contributed by atoms with Crippen LogP contribution in [-0.2, 0) is 22.2 Å². The first kappa shape index (κ1) is 34.4. The molecule has 2 atom stereocenters. The monoisotopic (exact) mass is 640 g/mol. The van der Waals surface area contributed by atoms with Gasteiger partial charge in [-0.25, -0.2) is 9.50 Å². The van der Waals surface area contributed by atoms with Crippen LogP contribution in [0.1, 0.15) is 66.7 Å². The second kappa shape index (κ2) is 13.9. The molecule has 46 heavy (non-hydrogen) atoms. The summed E-state index contributed by atoms with van der Waals surface area (Å²) in [5.74, 6) is -2.04. The summed E-state index contributed by atoms with van der Waals surface area (Å²) in [7, 11) is 3.45. The maximum absolute atomic E-state index is 14.1. The van der Waals surface area contributed by atoms with Crippen molar-refractivity contribution >= 4 is 17.5 Å². The fourth-order valence-corrected chi connectivity index (χ4v) is 5.64. The second-order valence-corrected chi connectivity index (χ2v) is 12.2. The maximum atomic E-state index is 14.1. The van der Waals surface area contributed by atoms with E-state index >= 15 is 0 Å². The Kier molecular flexibility index (Phi) is 10.3. The molecule has 10 nitrogen and oxygen atoms in total. The van der Waals surface area contributed by atoms with E-state index in [1.54, 1.807) is 31.1 Å². The first-order valence-corrected chi connectivity index (χ1v) is 15.0. The van der Waals surface area contributed by atoms with Crippen LogP contribution in [0.4, 0.5) is 13.2 Å². The van der Waals surface area contributed by atoms with Gasteiger partial charge in [-0.1, -0.05) is 32.0 Å². The number of hydrogen-bond acceptors (Lipinski definition) is 6. The van der Waals surface area contributed by atoms with E-state index in [1.165, 1.54) is 10.7 Å². The highest BCUT2D eigenvalue weighted by atomic mass is 19.4. The molecule has 13 heteroatoms. The van der Waals surface area contributed by atoms with Crippen molar-refractivity contribution in [1.29, 1.82) is 0 Å². The Hall–Kier alpha value is -4.52. The van der Waals surface area contributed by atoms with Gasteiger partial charge in [-0.05, 0) is 69.5 Å². The first-order valence-electron chi connectivity index (χ1n) is 15.0. The number of likely N-dealkylation sites (N-methyl/N-ethyl adjacent to an activating group) is 1. The number of pyridine rings is 1. The van der Waals surface area contributed by atoms with E-state index in [9.17, 15) is 32.7 Å². The molecule has 0 radical (unpaired) electrons. The van der Waals surface area contributed by atoms with Crippen molar-refractivity contribution in [1.82, 2.24) is 29.4 Å². The molecule has 0 unspecified atom stereocenters. The van der Waals surface area contributed by atoms with E-state index < -0.39 is 47.7 Å². The third-order valence-corrected chi connectivity index (χ3v) is 7.81. The Morgan fingerprint density at radius 1 is 1.09 bits per heavy atom. The number of nitrogens with zero attached hydrogens (tertiary/aromatic N) is 5. The zero-order valence-corrected chi connectivity index (χ0v) is 26.7. The van der Waals surface area contributed by atoms with Crippen molar-refractivity contribution in [2.75, 3.05) is 20.6 Å². The standard InChI is InChI=1S/C33H39F3N6O4/c1-19(2)14-27(41-18-22(11-13-40(5)6)23(15-29(41)43)33(34,35)36)32(46)39-24(17-30(44)45)26-16-25(38-28-10-12-37-42(26)28)31-20(3)8-7-9-21(31)4/h7-10,12,15-16,18-19,24,27H,11,13-14,17H2,1-6H3,(H,39,46)(H,44,45)/t24-,27-/m0/s1. The molecule has 0 aliphatic rings. The Balaban J connectivity index is 1.82. The van der Waals surface area contributed by atoms with Crippen molar-refractivity contribution in [3.05, 3.63) is 87.1 Å². The molecule has 246 valence electrons. The maximum Gasteiger partial charge on any atom is 0.416 e. The summed E-state index contributed by atoms with van der Waals surface area (Å²) < 4.78 is 44.3. The number of carbonyl (C=O) groups excluding carboxylic acids is 1. The average molecular weight is 641 g/mol. The quantitative estimate of drug-likeness (QED) is 0.218. The van der Waals surface area contributed by atoms with Gasteiger partial charge in [-0.15, -0.1) is 0 Å². The number of amides is 1. The molecule has 1 amide bonds. The van der Waals surface area contributed by atoms with E-state index in [-0.39, 0.29) is 30.9 Å². The molecule has 0 spiro atoms. The van der Waals surface area contributed by atoms with Gasteiger partial charge >= 0.3 is 12.1 Å². The van der Waals surface area contributed by atoms with Gasteiger partial charge in [-0.3, -0.25) is 14.4 Å². The lowest BCUT2D eigenvalue weighted by atomic mass is 9.97. The Bertz CT molecular complexity index is 1770. The fourth-order valence-electron chi connectivity index (χ4n) is 5.64. The van der Waals surface area contributed by atoms with Crippen molar-refractivity contribution in [2.24, 2.45) is 5.92 Å². The predicted octanol–water partition coefficient (Wildman–Crippen LogP) is 5.22. The number of hydrogen-bond donors (Lipinski definition) is 2. The van der Waals surface area contributed by atoms with Crippen LogP contribution in [0.25, 0.3) is 16.9 Å². The summed E-state index contributed by atoms with van der Waals surface area (Å²) in [4.78, 5) is 45.8. The van der Waals surface area contributed by atoms with Crippen LogP contribution in [-0.4, -0.2) is 61.7 Å². The molecule has 4 rings (SSSR count). The minimum absolute atomic E-state index is 0.00479. The smallest absolute Gasteiger partial charge is 0.416 e. The molecular weight excluding hydrogens is 601 g/mol. The SMILES string of the molecule is Cc1cccc(C)c1-c1cc([C@H](CC(=O)O)NC(=O)[C@H](CC(C)C)n2cc(CCN(C)C)c(C(F)(F)F)cc2=O)n2nccc2n1. The largest absolute Gasteiger partial charge is 0.481 e. The van der Waals surface area contributed by atoms with Crippen LogP contribution in [0.3, 0.4) is 0 Å². The van der Waals surface area contributed by atoms with Gasteiger partial charge in [0.2, 0.25) is 5.91 Å². The number of nitrogens with one attached hydrogen (secondary N) is 1. The molecule has 0 saturated carbocycles. The van der Waals surface area contributed by atoms with Crippen LogP contribution in [0.2, 0.25) is 0 Å². The number of aromatic nitrogens is 4. The Morgan fingerprint density at radius 2 is 1.76 bits per heavy atom.